The van der Waals surface area contributed by atoms with Crippen LogP contribution in [-0.2, 0) is 10.0 Å². The van der Waals surface area contributed by atoms with Gasteiger partial charge in [0, 0.05) is 19.1 Å². The molecule has 1 aliphatic rings. The van der Waals surface area contributed by atoms with E-state index in [0.717, 1.165) is 6.42 Å². The van der Waals surface area contributed by atoms with Gasteiger partial charge >= 0.3 is 0 Å². The van der Waals surface area contributed by atoms with Crippen LogP contribution in [0.4, 0.5) is 4.39 Å². The molecule has 1 aromatic carbocycles. The van der Waals surface area contributed by atoms with Gasteiger partial charge in [0.05, 0.1) is 0 Å². The molecule has 100 valence electrons. The van der Waals surface area contributed by atoms with Crippen LogP contribution in [0, 0.1) is 5.82 Å². The summed E-state index contributed by atoms with van der Waals surface area (Å²) < 4.78 is 39.5. The molecule has 6 heteroatoms. The number of hydrogen-bond donors (Lipinski definition) is 0. The molecule has 0 radical (unpaired) electrons. The van der Waals surface area contributed by atoms with Crippen LogP contribution in [0.2, 0.25) is 0 Å². The van der Waals surface area contributed by atoms with Crippen LogP contribution in [0.25, 0.3) is 0 Å². The Morgan fingerprint density at radius 2 is 2.00 bits per heavy atom. The molecule has 0 N–H and O–H groups in total. The third kappa shape index (κ3) is 2.41. The first-order valence-electron chi connectivity index (χ1n) is 5.84. The Morgan fingerprint density at radius 3 is 2.56 bits per heavy atom. The lowest BCUT2D eigenvalue weighted by molar-refractivity contribution is 0.302. The minimum atomic E-state index is -3.70. The summed E-state index contributed by atoms with van der Waals surface area (Å²) in [6, 6.07) is 5.71. The van der Waals surface area contributed by atoms with Crippen molar-refractivity contribution < 1.29 is 12.8 Å². The maximum absolute atomic E-state index is 13.6. The van der Waals surface area contributed by atoms with E-state index in [1.807, 2.05) is 19.0 Å². The number of sulfonamides is 1. The second-order valence-corrected chi connectivity index (χ2v) is 6.61. The van der Waals surface area contributed by atoms with Crippen LogP contribution < -0.4 is 0 Å². The molecule has 1 unspecified atom stereocenters. The summed E-state index contributed by atoms with van der Waals surface area (Å²) in [5.74, 6) is -0.689. The summed E-state index contributed by atoms with van der Waals surface area (Å²) in [6.07, 6.45) is 0.778. The Morgan fingerprint density at radius 1 is 1.33 bits per heavy atom. The molecule has 1 fully saturated rings. The highest BCUT2D eigenvalue weighted by Gasteiger charge is 2.34. The summed E-state index contributed by atoms with van der Waals surface area (Å²) >= 11 is 0. The van der Waals surface area contributed by atoms with Crippen LogP contribution in [0.15, 0.2) is 29.2 Å². The van der Waals surface area contributed by atoms with Crippen LogP contribution in [-0.4, -0.2) is 50.8 Å². The number of hydrogen-bond acceptors (Lipinski definition) is 3. The average molecular weight is 272 g/mol. The smallest absolute Gasteiger partial charge is 0.246 e. The van der Waals surface area contributed by atoms with Crippen LogP contribution in [0.1, 0.15) is 6.42 Å². The topological polar surface area (TPSA) is 40.6 Å². The molecular weight excluding hydrogens is 255 g/mol. The number of halogens is 1. The van der Waals surface area contributed by atoms with Crippen molar-refractivity contribution in [3.63, 3.8) is 0 Å². The van der Waals surface area contributed by atoms with Gasteiger partial charge in [-0.2, -0.15) is 4.31 Å². The predicted octanol–water partition coefficient (Wildman–Crippen LogP) is 1.15. The zero-order valence-electron chi connectivity index (χ0n) is 10.5. The van der Waals surface area contributed by atoms with E-state index in [-0.39, 0.29) is 10.9 Å². The summed E-state index contributed by atoms with van der Waals surface area (Å²) in [6.45, 7) is 0.864. The molecule has 1 aromatic rings. The van der Waals surface area contributed by atoms with Gasteiger partial charge in [-0.15, -0.1) is 0 Å². The molecule has 0 saturated carbocycles. The van der Waals surface area contributed by atoms with Crippen molar-refractivity contribution in [2.75, 3.05) is 27.2 Å². The Bertz CT molecular complexity index is 531. The molecule has 18 heavy (non-hydrogen) atoms. The van der Waals surface area contributed by atoms with Crippen molar-refractivity contribution in [3.05, 3.63) is 30.1 Å². The second-order valence-electron chi connectivity index (χ2n) is 4.70. The fourth-order valence-corrected chi connectivity index (χ4v) is 3.70. The van der Waals surface area contributed by atoms with Crippen molar-refractivity contribution in [2.45, 2.75) is 17.4 Å². The number of benzene rings is 1. The SMILES string of the molecule is CN(C)C1CCN(S(=O)(=O)c2ccccc2F)C1. The van der Waals surface area contributed by atoms with Gasteiger partial charge < -0.3 is 4.90 Å². The molecular formula is C12H17FN2O2S. The molecule has 4 nitrogen and oxygen atoms in total. The fraction of sp³-hybridized carbons (Fsp3) is 0.500. The number of nitrogens with zero attached hydrogens (tertiary/aromatic N) is 2. The van der Waals surface area contributed by atoms with Gasteiger partial charge in [0.15, 0.2) is 0 Å². The maximum Gasteiger partial charge on any atom is 0.246 e. The predicted molar refractivity (Wildman–Crippen MR) is 67.3 cm³/mol. The summed E-state index contributed by atoms with van der Waals surface area (Å²) in [5, 5.41) is 0. The monoisotopic (exact) mass is 272 g/mol. The quantitative estimate of drug-likeness (QED) is 0.829. The molecule has 2 rings (SSSR count). The van der Waals surface area contributed by atoms with Gasteiger partial charge in [0.2, 0.25) is 10.0 Å². The van der Waals surface area contributed by atoms with Gasteiger partial charge in [-0.1, -0.05) is 12.1 Å². The van der Waals surface area contributed by atoms with Crippen LogP contribution >= 0.6 is 0 Å². The Balaban J connectivity index is 2.26. The van der Waals surface area contributed by atoms with E-state index in [1.165, 1.54) is 28.6 Å². The first-order chi connectivity index (χ1) is 8.43. The Kier molecular flexibility index (Phi) is 3.70. The van der Waals surface area contributed by atoms with Gasteiger partial charge in [0.1, 0.15) is 10.7 Å². The Hall–Kier alpha value is -0.980. The standard InChI is InChI=1S/C12H17FN2O2S/c1-14(2)10-7-8-15(9-10)18(16,17)12-6-4-3-5-11(12)13/h3-6,10H,7-9H2,1-2H3. The van der Waals surface area contributed by atoms with Crippen molar-refractivity contribution in [2.24, 2.45) is 0 Å². The van der Waals surface area contributed by atoms with Crippen molar-refractivity contribution >= 4 is 10.0 Å². The largest absolute Gasteiger partial charge is 0.305 e. The molecule has 1 atom stereocenters. The van der Waals surface area contributed by atoms with E-state index >= 15 is 0 Å². The first kappa shape index (κ1) is 13.5. The zero-order valence-corrected chi connectivity index (χ0v) is 11.3. The lowest BCUT2D eigenvalue weighted by Gasteiger charge is -2.20. The third-order valence-corrected chi connectivity index (χ3v) is 5.21. The van der Waals surface area contributed by atoms with Crippen LogP contribution in [0.5, 0.6) is 0 Å². The van der Waals surface area contributed by atoms with E-state index in [2.05, 4.69) is 0 Å². The van der Waals surface area contributed by atoms with E-state index in [9.17, 15) is 12.8 Å². The maximum atomic E-state index is 13.6. The van der Waals surface area contributed by atoms with E-state index in [1.54, 1.807) is 0 Å². The van der Waals surface area contributed by atoms with E-state index in [4.69, 9.17) is 0 Å². The molecule has 1 heterocycles. The lowest BCUT2D eigenvalue weighted by atomic mass is 10.2. The molecule has 0 bridgehead atoms. The summed E-state index contributed by atoms with van der Waals surface area (Å²) in [5.41, 5.74) is 0. The highest BCUT2D eigenvalue weighted by molar-refractivity contribution is 7.89. The fourth-order valence-electron chi connectivity index (χ4n) is 2.14. The van der Waals surface area contributed by atoms with Crippen molar-refractivity contribution in [3.8, 4) is 0 Å². The molecule has 0 spiro atoms. The summed E-state index contributed by atoms with van der Waals surface area (Å²) in [4.78, 5) is 1.76. The third-order valence-electron chi connectivity index (χ3n) is 3.31. The molecule has 0 aromatic heterocycles. The Labute approximate surface area is 107 Å². The summed E-state index contributed by atoms with van der Waals surface area (Å²) in [7, 11) is 0.137. The highest BCUT2D eigenvalue weighted by Crippen LogP contribution is 2.24. The van der Waals surface area contributed by atoms with Gasteiger partial charge in [-0.05, 0) is 32.6 Å². The normalized spacial score (nSPS) is 21.7. The van der Waals surface area contributed by atoms with Crippen molar-refractivity contribution in [1.82, 2.24) is 9.21 Å². The number of rotatable bonds is 3. The minimum Gasteiger partial charge on any atom is -0.305 e. The minimum absolute atomic E-state index is 0.201. The van der Waals surface area contributed by atoms with Gasteiger partial charge in [0.25, 0.3) is 0 Å². The number of likely N-dealkylation sites (N-methyl/N-ethyl adjacent to an activating group) is 1. The lowest BCUT2D eigenvalue weighted by Crippen LogP contribution is -2.34. The van der Waals surface area contributed by atoms with Crippen molar-refractivity contribution in [1.29, 1.82) is 0 Å². The van der Waals surface area contributed by atoms with E-state index < -0.39 is 15.8 Å². The highest BCUT2D eigenvalue weighted by atomic mass is 32.2. The molecule has 1 aliphatic heterocycles. The second kappa shape index (κ2) is 4.95. The zero-order chi connectivity index (χ0) is 13.3. The van der Waals surface area contributed by atoms with Gasteiger partial charge in [-0.25, -0.2) is 12.8 Å². The van der Waals surface area contributed by atoms with Gasteiger partial charge in [-0.3, -0.25) is 0 Å². The van der Waals surface area contributed by atoms with Crippen LogP contribution in [0.3, 0.4) is 0 Å². The first-order valence-corrected chi connectivity index (χ1v) is 7.28. The molecule has 0 aliphatic carbocycles. The molecule has 1 saturated heterocycles. The van der Waals surface area contributed by atoms with E-state index in [0.29, 0.717) is 13.1 Å². The molecule has 0 amide bonds. The average Bonchev–Trinajstić information content (AvgIpc) is 2.79.